The number of benzene rings is 1. The van der Waals surface area contributed by atoms with Crippen LogP contribution >= 0.6 is 0 Å². The molecule has 0 unspecified atom stereocenters. The maximum Gasteiger partial charge on any atom is 0.145 e. The third-order valence-electron chi connectivity index (χ3n) is 3.07. The maximum atomic E-state index is 7.10. The van der Waals surface area contributed by atoms with Gasteiger partial charge in [-0.25, -0.2) is 9.97 Å². The molecule has 3 aromatic rings. The van der Waals surface area contributed by atoms with Gasteiger partial charge < -0.3 is 15.0 Å². The highest BCUT2D eigenvalue weighted by Gasteiger charge is 2.13. The minimum Gasteiger partial charge on any atom is -0.497 e. The third-order valence-corrected chi connectivity index (χ3v) is 3.07. The lowest BCUT2D eigenvalue weighted by molar-refractivity contribution is 0.415. The van der Waals surface area contributed by atoms with Crippen molar-refractivity contribution < 1.29 is 8.85 Å². The van der Waals surface area contributed by atoms with E-state index in [0.29, 0.717) is 5.82 Å². The fourth-order valence-corrected chi connectivity index (χ4v) is 2.16. The van der Waals surface area contributed by atoms with Crippen molar-refractivity contribution in [2.75, 3.05) is 12.8 Å². The molecule has 0 saturated carbocycles. The monoisotopic (exact) mass is 257 g/mol. The average Bonchev–Trinajstić information content (AvgIpc) is 2.77. The van der Waals surface area contributed by atoms with Crippen LogP contribution < -0.4 is 10.5 Å². The lowest BCUT2D eigenvalue weighted by Gasteiger charge is -2.03. The molecule has 0 fully saturated rings. The number of rotatable bonds is 2. The average molecular weight is 257 g/mol. The second-order valence-corrected chi connectivity index (χ2v) is 4.24. The van der Waals surface area contributed by atoms with Crippen molar-refractivity contribution in [3.8, 4) is 16.9 Å². The fourth-order valence-electron chi connectivity index (χ4n) is 2.16. The van der Waals surface area contributed by atoms with E-state index in [4.69, 9.17) is 14.6 Å². The molecule has 2 N–H and O–H groups in total. The number of aromatic nitrogens is 3. The topological polar surface area (TPSA) is 66.0 Å². The summed E-state index contributed by atoms with van der Waals surface area (Å²) in [7, 11) is -0.580. The lowest BCUT2D eigenvalue weighted by Crippen LogP contribution is -1.94. The molecule has 19 heavy (non-hydrogen) atoms. The van der Waals surface area contributed by atoms with Crippen molar-refractivity contribution >= 4 is 16.9 Å². The van der Waals surface area contributed by atoms with Crippen molar-refractivity contribution in [3.63, 3.8) is 0 Å². The summed E-state index contributed by atoms with van der Waals surface area (Å²) in [5.74, 6) is 0.691. The van der Waals surface area contributed by atoms with Crippen LogP contribution in [0.3, 0.4) is 0 Å². The summed E-state index contributed by atoms with van der Waals surface area (Å²) in [6.45, 7) is 0. The molecule has 0 radical (unpaired) electrons. The van der Waals surface area contributed by atoms with Gasteiger partial charge in [-0.3, -0.25) is 0 Å². The van der Waals surface area contributed by atoms with E-state index < -0.39 is 7.04 Å². The molecule has 5 nitrogen and oxygen atoms in total. The molecule has 0 atom stereocenters. The number of nitrogen functional groups attached to an aromatic ring is 1. The third kappa shape index (κ3) is 1.79. The molecule has 0 aliphatic heterocycles. The largest absolute Gasteiger partial charge is 0.497 e. The number of hydrogen-bond acceptors (Lipinski definition) is 4. The summed E-state index contributed by atoms with van der Waals surface area (Å²) >= 11 is 0. The highest BCUT2D eigenvalue weighted by Crippen LogP contribution is 2.32. The molecule has 0 aliphatic carbocycles. The summed E-state index contributed by atoms with van der Waals surface area (Å²) in [4.78, 5) is 8.25. The minimum absolute atomic E-state index is 0.285. The highest BCUT2D eigenvalue weighted by atomic mass is 16.5. The lowest BCUT2D eigenvalue weighted by atomic mass is 10.1. The van der Waals surface area contributed by atoms with Gasteiger partial charge in [0, 0.05) is 18.8 Å². The Morgan fingerprint density at radius 2 is 2.05 bits per heavy atom. The molecule has 0 bridgehead atoms. The van der Waals surface area contributed by atoms with Crippen molar-refractivity contribution in [3.05, 3.63) is 36.8 Å². The van der Waals surface area contributed by atoms with Crippen LogP contribution in [0.4, 0.5) is 5.82 Å². The number of methoxy groups -OCH3 is 1. The molecule has 0 amide bonds. The normalized spacial score (nSPS) is 13.8. The van der Waals surface area contributed by atoms with Gasteiger partial charge in [-0.2, -0.15) is 0 Å². The van der Waals surface area contributed by atoms with Crippen molar-refractivity contribution in [1.29, 1.82) is 0 Å². The summed E-state index contributed by atoms with van der Waals surface area (Å²) in [6.07, 6.45) is 3.34. The van der Waals surface area contributed by atoms with E-state index in [1.165, 1.54) is 6.33 Å². The van der Waals surface area contributed by atoms with Crippen LogP contribution in [0, 0.1) is 0 Å². The smallest absolute Gasteiger partial charge is 0.145 e. The molecule has 0 spiro atoms. The first-order valence-electron chi connectivity index (χ1n) is 7.20. The summed E-state index contributed by atoms with van der Waals surface area (Å²) < 4.78 is 28.0. The number of hydrogen-bond donors (Lipinski definition) is 1. The zero-order chi connectivity index (χ0) is 15.9. The molecule has 2 aromatic heterocycles. The van der Waals surface area contributed by atoms with Crippen LogP contribution in [0.15, 0.2) is 36.8 Å². The summed E-state index contributed by atoms with van der Waals surface area (Å²) in [5.41, 5.74) is 8.46. The number of ether oxygens (including phenoxy) is 1. The zero-order valence-electron chi connectivity index (χ0n) is 13.3. The molecule has 5 heteroatoms. The van der Waals surface area contributed by atoms with Gasteiger partial charge in [0.25, 0.3) is 0 Å². The summed E-state index contributed by atoms with van der Waals surface area (Å²) in [6, 6.07) is 6.78. The van der Waals surface area contributed by atoms with Gasteiger partial charge >= 0.3 is 0 Å². The number of fused-ring (bicyclic) bond motifs is 1. The molecule has 96 valence electrons. The quantitative estimate of drug-likeness (QED) is 0.764. The fraction of sp³-hybridized carbons (Fsp3) is 0.143. The van der Waals surface area contributed by atoms with E-state index in [9.17, 15) is 0 Å². The van der Waals surface area contributed by atoms with Crippen LogP contribution in [-0.2, 0) is 7.05 Å². The van der Waals surface area contributed by atoms with Crippen LogP contribution in [0.25, 0.3) is 22.2 Å². The molecule has 0 aliphatic rings. The van der Waals surface area contributed by atoms with Crippen molar-refractivity contribution in [1.82, 2.24) is 14.5 Å². The van der Waals surface area contributed by atoms with E-state index in [1.54, 1.807) is 24.3 Å². The first kappa shape index (κ1) is 8.53. The molecular weight excluding hydrogens is 240 g/mol. The first-order chi connectivity index (χ1) is 10.3. The maximum absolute atomic E-state index is 7.10. The predicted octanol–water partition coefficient (Wildman–Crippen LogP) is 2.23. The van der Waals surface area contributed by atoms with E-state index in [1.807, 2.05) is 17.8 Å². The Balaban J connectivity index is 2.05. The van der Waals surface area contributed by atoms with Crippen LogP contribution in [0.5, 0.6) is 5.75 Å². The number of nitrogens with zero attached hydrogens (tertiary/aromatic N) is 3. The predicted molar refractivity (Wildman–Crippen MR) is 74.9 cm³/mol. The zero-order valence-corrected chi connectivity index (χ0v) is 10.3. The van der Waals surface area contributed by atoms with Gasteiger partial charge in [0.1, 0.15) is 23.5 Å². The second-order valence-electron chi connectivity index (χ2n) is 4.24. The molecular formula is C14H14N4O. The molecule has 2 heterocycles. The SMILES string of the molecule is [2H]C([2H])([2H])Oc1ccc(-c2cn(C)c3ncnc(N)c23)cc1. The number of anilines is 1. The van der Waals surface area contributed by atoms with E-state index in [2.05, 4.69) is 9.97 Å². The first-order valence-corrected chi connectivity index (χ1v) is 5.70. The van der Waals surface area contributed by atoms with Gasteiger partial charge in [-0.15, -0.1) is 0 Å². The molecule has 0 saturated heterocycles. The van der Waals surface area contributed by atoms with E-state index in [-0.39, 0.29) is 5.75 Å². The van der Waals surface area contributed by atoms with Crippen molar-refractivity contribution in [2.24, 2.45) is 7.05 Å². The van der Waals surface area contributed by atoms with Crippen molar-refractivity contribution in [2.45, 2.75) is 0 Å². The minimum atomic E-state index is -2.46. The standard InChI is InChI=1S/C14H14N4O/c1-18-7-11(9-3-5-10(19-2)6-4-9)12-13(15)16-8-17-14(12)18/h3-8H,1-2H3,(H2,15,16,17)/i2D3. The number of aryl methyl sites for hydroxylation is 1. The van der Waals surface area contributed by atoms with Gasteiger partial charge in [-0.1, -0.05) is 12.1 Å². The highest BCUT2D eigenvalue weighted by molar-refractivity contribution is 6.00. The Bertz CT molecular complexity index is 824. The van der Waals surface area contributed by atoms with E-state index >= 15 is 0 Å². The second kappa shape index (κ2) is 4.28. The number of nitrogens with two attached hydrogens (primary N) is 1. The Kier molecular flexibility index (Phi) is 1.92. The van der Waals surface area contributed by atoms with Gasteiger partial charge in [0.05, 0.1) is 16.5 Å². The Hall–Kier alpha value is -2.56. The van der Waals surface area contributed by atoms with Gasteiger partial charge in [-0.05, 0) is 17.7 Å². The molecule has 1 aromatic carbocycles. The molecule has 3 rings (SSSR count). The van der Waals surface area contributed by atoms with Crippen LogP contribution in [0.1, 0.15) is 4.11 Å². The Morgan fingerprint density at radius 3 is 2.79 bits per heavy atom. The van der Waals surface area contributed by atoms with Gasteiger partial charge in [0.15, 0.2) is 0 Å². The summed E-state index contributed by atoms with van der Waals surface area (Å²) in [5, 5.41) is 0.773. The van der Waals surface area contributed by atoms with Crippen LogP contribution in [-0.4, -0.2) is 21.6 Å². The Labute approximate surface area is 114 Å². The van der Waals surface area contributed by atoms with E-state index in [0.717, 1.165) is 22.2 Å². The van der Waals surface area contributed by atoms with Crippen LogP contribution in [0.2, 0.25) is 0 Å². The van der Waals surface area contributed by atoms with Gasteiger partial charge in [0.2, 0.25) is 0 Å². The Morgan fingerprint density at radius 1 is 1.26 bits per heavy atom.